The highest BCUT2D eigenvalue weighted by Gasteiger charge is 2.56. The number of carbonyl (C=O) groups excluding carboxylic acids is 2. The number of anilines is 1. The maximum Gasteiger partial charge on any atom is 0.240 e. The van der Waals surface area contributed by atoms with E-state index in [4.69, 9.17) is 16.3 Å². The lowest BCUT2D eigenvalue weighted by atomic mass is 10.0. The molecule has 0 radical (unpaired) electrons. The fourth-order valence-electron chi connectivity index (χ4n) is 2.80. The first kappa shape index (κ1) is 18.3. The summed E-state index contributed by atoms with van der Waals surface area (Å²) in [7, 11) is 1.51. The van der Waals surface area contributed by atoms with Gasteiger partial charge in [0, 0.05) is 17.6 Å². The fraction of sp³-hybridized carbons (Fsp3) is 0.300. The maximum atomic E-state index is 12.8. The lowest BCUT2D eigenvalue weighted by Gasteiger charge is -2.17. The van der Waals surface area contributed by atoms with Crippen molar-refractivity contribution < 1.29 is 14.3 Å². The van der Waals surface area contributed by atoms with Gasteiger partial charge in [-0.05, 0) is 37.0 Å². The lowest BCUT2D eigenvalue weighted by molar-refractivity contribution is -0.134. The van der Waals surface area contributed by atoms with E-state index >= 15 is 0 Å². The second kappa shape index (κ2) is 7.38. The van der Waals surface area contributed by atoms with E-state index in [1.807, 2.05) is 37.3 Å². The van der Waals surface area contributed by atoms with Crippen molar-refractivity contribution in [1.82, 2.24) is 5.32 Å². The normalized spacial score (nSPS) is 14.4. The number of aryl methyl sites for hydroxylation is 1. The molecule has 0 spiro atoms. The molecule has 2 aromatic rings. The van der Waals surface area contributed by atoms with Crippen LogP contribution >= 0.6 is 11.6 Å². The van der Waals surface area contributed by atoms with Crippen LogP contribution in [0.15, 0.2) is 42.5 Å². The summed E-state index contributed by atoms with van der Waals surface area (Å²) in [5.74, 6) is -0.0963. The van der Waals surface area contributed by atoms with Gasteiger partial charge in [-0.3, -0.25) is 9.59 Å². The molecule has 5 nitrogen and oxygen atoms in total. The molecule has 26 heavy (non-hydrogen) atoms. The number of amides is 2. The van der Waals surface area contributed by atoms with Gasteiger partial charge >= 0.3 is 0 Å². The number of rotatable bonds is 6. The van der Waals surface area contributed by atoms with Gasteiger partial charge in [0.25, 0.3) is 0 Å². The number of methoxy groups -OCH3 is 1. The molecule has 1 fully saturated rings. The molecule has 0 aliphatic heterocycles. The first-order chi connectivity index (χ1) is 12.5. The third-order valence-corrected chi connectivity index (χ3v) is 5.05. The lowest BCUT2D eigenvalue weighted by Crippen LogP contribution is -2.39. The van der Waals surface area contributed by atoms with Crippen molar-refractivity contribution in [3.05, 3.63) is 58.6 Å². The van der Waals surface area contributed by atoms with E-state index < -0.39 is 5.41 Å². The third-order valence-electron chi connectivity index (χ3n) is 4.64. The van der Waals surface area contributed by atoms with Crippen molar-refractivity contribution in [3.63, 3.8) is 0 Å². The summed E-state index contributed by atoms with van der Waals surface area (Å²) < 4.78 is 5.28. The number of ether oxygens (including phenoxy) is 1. The summed E-state index contributed by atoms with van der Waals surface area (Å²) >= 11 is 6.10. The van der Waals surface area contributed by atoms with Gasteiger partial charge in [0.05, 0.1) is 12.8 Å². The van der Waals surface area contributed by atoms with Gasteiger partial charge < -0.3 is 15.4 Å². The van der Waals surface area contributed by atoms with Crippen LogP contribution in [-0.4, -0.2) is 18.9 Å². The Morgan fingerprint density at radius 2 is 1.85 bits per heavy atom. The van der Waals surface area contributed by atoms with Crippen molar-refractivity contribution in [3.8, 4) is 5.75 Å². The molecule has 1 aliphatic carbocycles. The molecule has 2 amide bonds. The highest BCUT2D eigenvalue weighted by atomic mass is 35.5. The Labute approximate surface area is 157 Å². The number of halogens is 1. The van der Waals surface area contributed by atoms with Crippen LogP contribution in [-0.2, 0) is 16.1 Å². The van der Waals surface area contributed by atoms with Gasteiger partial charge in [-0.15, -0.1) is 0 Å². The molecule has 0 heterocycles. The topological polar surface area (TPSA) is 67.4 Å². The van der Waals surface area contributed by atoms with E-state index in [0.717, 1.165) is 11.1 Å². The van der Waals surface area contributed by atoms with Crippen molar-refractivity contribution in [2.45, 2.75) is 26.3 Å². The average molecular weight is 373 g/mol. The summed E-state index contributed by atoms with van der Waals surface area (Å²) in [6.07, 6.45) is 1.07. The first-order valence-corrected chi connectivity index (χ1v) is 8.82. The van der Waals surface area contributed by atoms with Gasteiger partial charge in [-0.2, -0.15) is 0 Å². The Balaban J connectivity index is 1.69. The second-order valence-electron chi connectivity index (χ2n) is 6.51. The van der Waals surface area contributed by atoms with E-state index in [1.165, 1.54) is 7.11 Å². The maximum absolute atomic E-state index is 12.8. The van der Waals surface area contributed by atoms with Gasteiger partial charge in [0.15, 0.2) is 0 Å². The predicted octanol–water partition coefficient (Wildman–Crippen LogP) is 3.69. The van der Waals surface area contributed by atoms with E-state index in [2.05, 4.69) is 10.6 Å². The monoisotopic (exact) mass is 372 g/mol. The minimum Gasteiger partial charge on any atom is -0.495 e. The molecular weight excluding hydrogens is 352 g/mol. The minimum absolute atomic E-state index is 0.247. The van der Waals surface area contributed by atoms with Gasteiger partial charge in [-0.25, -0.2) is 0 Å². The summed E-state index contributed by atoms with van der Waals surface area (Å²) in [6.45, 7) is 2.25. The molecule has 1 aliphatic rings. The first-order valence-electron chi connectivity index (χ1n) is 8.44. The van der Waals surface area contributed by atoms with Crippen molar-refractivity contribution >= 4 is 29.1 Å². The molecule has 0 unspecified atom stereocenters. The van der Waals surface area contributed by atoms with Crippen LogP contribution in [0.4, 0.5) is 5.69 Å². The number of carbonyl (C=O) groups is 2. The number of hydrogen-bond donors (Lipinski definition) is 2. The molecule has 2 N–H and O–H groups in total. The molecule has 0 saturated heterocycles. The Hall–Kier alpha value is -2.53. The second-order valence-corrected chi connectivity index (χ2v) is 6.91. The molecule has 2 aromatic carbocycles. The highest BCUT2D eigenvalue weighted by molar-refractivity contribution is 6.31. The molecule has 3 rings (SSSR count). The molecule has 6 heteroatoms. The van der Waals surface area contributed by atoms with Gasteiger partial charge in [-0.1, -0.05) is 41.9 Å². The summed E-state index contributed by atoms with van der Waals surface area (Å²) in [6, 6.07) is 13.0. The standard InChI is InChI=1S/C20H21ClN2O3/c1-13-10-16(17(26-2)11-15(13)21)23-19(25)20(8-9-20)18(24)22-12-14-6-4-3-5-7-14/h3-7,10-11H,8-9,12H2,1-2H3,(H,22,24)(H,23,25). The van der Waals surface area contributed by atoms with Crippen molar-refractivity contribution in [2.75, 3.05) is 12.4 Å². The molecule has 136 valence electrons. The fourth-order valence-corrected chi connectivity index (χ4v) is 2.96. The van der Waals surface area contributed by atoms with Crippen molar-refractivity contribution in [1.29, 1.82) is 0 Å². The van der Waals surface area contributed by atoms with Crippen molar-refractivity contribution in [2.24, 2.45) is 5.41 Å². The number of nitrogens with one attached hydrogen (secondary N) is 2. The van der Waals surface area contributed by atoms with Gasteiger partial charge in [0.1, 0.15) is 11.2 Å². The molecule has 1 saturated carbocycles. The van der Waals surface area contributed by atoms with E-state index in [0.29, 0.717) is 35.8 Å². The van der Waals surface area contributed by atoms with Crippen LogP contribution in [0.2, 0.25) is 5.02 Å². The molecule has 0 atom stereocenters. The minimum atomic E-state index is -1.01. The number of benzene rings is 2. The van der Waals surface area contributed by atoms with Crippen LogP contribution in [0.1, 0.15) is 24.0 Å². The van der Waals surface area contributed by atoms with Crippen LogP contribution in [0.25, 0.3) is 0 Å². The summed E-state index contributed by atoms with van der Waals surface area (Å²) in [5.41, 5.74) is 1.32. The van der Waals surface area contributed by atoms with Crippen LogP contribution in [0.3, 0.4) is 0 Å². The highest BCUT2D eigenvalue weighted by Crippen LogP contribution is 2.47. The van der Waals surface area contributed by atoms with E-state index in [9.17, 15) is 9.59 Å². The Kier molecular flexibility index (Phi) is 5.18. The quantitative estimate of drug-likeness (QED) is 0.760. The number of hydrogen-bond acceptors (Lipinski definition) is 3. The zero-order chi connectivity index (χ0) is 18.7. The Morgan fingerprint density at radius 1 is 1.15 bits per heavy atom. The van der Waals surface area contributed by atoms with Crippen LogP contribution in [0.5, 0.6) is 5.75 Å². The molecule has 0 aromatic heterocycles. The smallest absolute Gasteiger partial charge is 0.240 e. The summed E-state index contributed by atoms with van der Waals surface area (Å²) in [4.78, 5) is 25.3. The Bertz CT molecular complexity index is 832. The zero-order valence-corrected chi connectivity index (χ0v) is 15.5. The largest absolute Gasteiger partial charge is 0.495 e. The molecule has 0 bridgehead atoms. The SMILES string of the molecule is COc1cc(Cl)c(C)cc1NC(=O)C1(C(=O)NCc2ccccc2)CC1. The third kappa shape index (κ3) is 3.68. The average Bonchev–Trinajstić information content (AvgIpc) is 3.45. The van der Waals surface area contributed by atoms with Gasteiger partial charge in [0.2, 0.25) is 11.8 Å². The van der Waals surface area contributed by atoms with E-state index in [-0.39, 0.29) is 11.8 Å². The molecular formula is C20H21ClN2O3. The summed E-state index contributed by atoms with van der Waals surface area (Å²) in [5, 5.41) is 6.25. The van der Waals surface area contributed by atoms with E-state index in [1.54, 1.807) is 12.1 Å². The predicted molar refractivity (Wildman–Crippen MR) is 101 cm³/mol. The van der Waals surface area contributed by atoms with Crippen LogP contribution in [0, 0.1) is 12.3 Å². The zero-order valence-electron chi connectivity index (χ0n) is 14.8. The Morgan fingerprint density at radius 3 is 2.46 bits per heavy atom. The van der Waals surface area contributed by atoms with Crippen LogP contribution < -0.4 is 15.4 Å².